The molecule has 0 aliphatic carbocycles. The zero-order valence-electron chi connectivity index (χ0n) is 18.3. The summed E-state index contributed by atoms with van der Waals surface area (Å²) in [6.45, 7) is 4.48. The number of alkyl halides is 1. The molecule has 4 rings (SSSR count). The van der Waals surface area contributed by atoms with Crippen molar-refractivity contribution in [3.05, 3.63) is 76.3 Å². The molecule has 33 heavy (non-hydrogen) atoms. The van der Waals surface area contributed by atoms with Crippen molar-refractivity contribution in [1.29, 1.82) is 0 Å². The van der Waals surface area contributed by atoms with E-state index in [0.29, 0.717) is 17.4 Å². The Morgan fingerprint density at radius 1 is 1.21 bits per heavy atom. The highest BCUT2D eigenvalue weighted by Crippen LogP contribution is 2.45. The van der Waals surface area contributed by atoms with E-state index in [4.69, 9.17) is 9.52 Å². The van der Waals surface area contributed by atoms with Crippen LogP contribution in [0.2, 0.25) is 0 Å². The van der Waals surface area contributed by atoms with Crippen molar-refractivity contribution in [2.75, 3.05) is 6.54 Å². The maximum absolute atomic E-state index is 15.3. The Labute approximate surface area is 188 Å². The van der Waals surface area contributed by atoms with Crippen LogP contribution in [-0.2, 0) is 11.2 Å². The van der Waals surface area contributed by atoms with E-state index in [1.165, 1.54) is 26.0 Å². The summed E-state index contributed by atoms with van der Waals surface area (Å²) in [6.07, 6.45) is 2.29. The summed E-state index contributed by atoms with van der Waals surface area (Å²) in [5, 5.41) is 9.43. The molecule has 0 amide bonds. The average Bonchev–Trinajstić information content (AvgIpc) is 3.04. The number of aliphatic carboxylic acids is 1. The molecule has 1 aliphatic heterocycles. The van der Waals surface area contributed by atoms with E-state index in [0.717, 1.165) is 24.3 Å². The Balaban J connectivity index is 1.93. The topological polar surface area (TPSA) is 53.7 Å². The van der Waals surface area contributed by atoms with Gasteiger partial charge in [-0.1, -0.05) is 0 Å². The Morgan fingerprint density at radius 2 is 1.88 bits per heavy atom. The number of carboxylic acid groups (broad SMARTS) is 1. The number of furan rings is 1. The number of benzene rings is 2. The third kappa shape index (κ3) is 4.53. The summed E-state index contributed by atoms with van der Waals surface area (Å²) in [6, 6.07) is 4.74. The number of nitrogens with zero attached hydrogens (tertiary/aromatic N) is 1. The minimum Gasteiger partial charge on any atom is -0.478 e. The number of fused-ring (bicyclic) bond motifs is 3. The minimum absolute atomic E-state index is 0.0317. The Morgan fingerprint density at radius 3 is 2.48 bits per heavy atom. The molecule has 174 valence electrons. The summed E-state index contributed by atoms with van der Waals surface area (Å²) in [5.74, 6) is -3.36. The van der Waals surface area contributed by atoms with Gasteiger partial charge in [0.15, 0.2) is 0 Å². The summed E-state index contributed by atoms with van der Waals surface area (Å²) in [5.41, 5.74) is -1.02. The van der Waals surface area contributed by atoms with Crippen LogP contribution >= 0.6 is 0 Å². The Kier molecular flexibility index (Phi) is 5.82. The molecule has 1 aromatic heterocycles. The van der Waals surface area contributed by atoms with Gasteiger partial charge in [0.05, 0.1) is 0 Å². The van der Waals surface area contributed by atoms with Gasteiger partial charge in [0.25, 0.3) is 0 Å². The molecule has 0 unspecified atom stereocenters. The molecule has 2 heterocycles. The van der Waals surface area contributed by atoms with Gasteiger partial charge in [-0.15, -0.1) is 0 Å². The monoisotopic (exact) mass is 461 g/mol. The molecule has 1 N–H and O–H groups in total. The second kappa shape index (κ2) is 8.33. The van der Waals surface area contributed by atoms with Gasteiger partial charge in [-0.3, -0.25) is 4.90 Å². The highest BCUT2D eigenvalue weighted by molar-refractivity contribution is 5.85. The molecule has 2 aromatic carbocycles. The molecule has 0 fully saturated rings. The molecule has 3 aromatic rings. The van der Waals surface area contributed by atoms with Gasteiger partial charge >= 0.3 is 5.97 Å². The predicted octanol–water partition coefficient (Wildman–Crippen LogP) is 6.03. The third-order valence-electron chi connectivity index (χ3n) is 5.78. The van der Waals surface area contributed by atoms with Crippen molar-refractivity contribution >= 4 is 23.0 Å². The van der Waals surface area contributed by atoms with Gasteiger partial charge in [-0.2, -0.15) is 0 Å². The van der Waals surface area contributed by atoms with Gasteiger partial charge in [-0.05, 0) is 63.1 Å². The first-order chi connectivity index (χ1) is 15.4. The summed E-state index contributed by atoms with van der Waals surface area (Å²) >= 11 is 0. The zero-order chi connectivity index (χ0) is 24.1. The van der Waals surface area contributed by atoms with Crippen molar-refractivity contribution in [3.63, 3.8) is 0 Å². The van der Waals surface area contributed by atoms with E-state index in [1.807, 2.05) is 6.92 Å². The fourth-order valence-electron chi connectivity index (χ4n) is 4.50. The molecule has 0 saturated carbocycles. The summed E-state index contributed by atoms with van der Waals surface area (Å²) < 4.78 is 65.1. The third-order valence-corrected chi connectivity index (χ3v) is 5.78. The quantitative estimate of drug-likeness (QED) is 0.372. The van der Waals surface area contributed by atoms with E-state index in [9.17, 15) is 13.6 Å². The molecule has 4 nitrogen and oxygen atoms in total. The lowest BCUT2D eigenvalue weighted by Crippen LogP contribution is -2.48. The second-order valence-corrected chi connectivity index (χ2v) is 9.00. The first-order valence-corrected chi connectivity index (χ1v) is 10.5. The number of hydrogen-bond donors (Lipinski definition) is 1. The molecule has 0 saturated heterocycles. The van der Waals surface area contributed by atoms with Crippen molar-refractivity contribution in [2.45, 2.75) is 44.9 Å². The van der Waals surface area contributed by atoms with E-state index in [2.05, 4.69) is 0 Å². The van der Waals surface area contributed by atoms with Gasteiger partial charge in [0.1, 0.15) is 40.5 Å². The first-order valence-electron chi connectivity index (χ1n) is 10.5. The number of halogens is 4. The minimum atomic E-state index is -1.67. The van der Waals surface area contributed by atoms with Crippen LogP contribution < -0.4 is 0 Å². The van der Waals surface area contributed by atoms with Crippen molar-refractivity contribution in [3.8, 4) is 0 Å². The van der Waals surface area contributed by atoms with E-state index in [1.54, 1.807) is 11.0 Å². The molecule has 2 atom stereocenters. The molecule has 0 spiro atoms. The Bertz CT molecular complexity index is 1240. The number of rotatable bonds is 5. The SMILES string of the molecule is C[C@@H]1Cc2c(oc3cc(F)ccc23)[C@@H](c2c(F)cc(/C=C/C(=O)O)cc2F)N1CC(C)(C)F. The van der Waals surface area contributed by atoms with Crippen molar-refractivity contribution in [1.82, 2.24) is 4.90 Å². The number of carbonyl (C=O) groups is 1. The van der Waals surface area contributed by atoms with Crippen LogP contribution in [0.4, 0.5) is 17.6 Å². The predicted molar refractivity (Wildman–Crippen MR) is 116 cm³/mol. The summed E-state index contributed by atoms with van der Waals surface area (Å²) in [4.78, 5) is 12.4. The van der Waals surface area contributed by atoms with Crippen LogP contribution in [-0.4, -0.2) is 34.2 Å². The molecular formula is C25H23F4NO3. The highest BCUT2D eigenvalue weighted by Gasteiger charge is 2.42. The van der Waals surface area contributed by atoms with Crippen molar-refractivity contribution in [2.24, 2.45) is 0 Å². The second-order valence-electron chi connectivity index (χ2n) is 9.00. The van der Waals surface area contributed by atoms with E-state index < -0.39 is 35.1 Å². The molecule has 1 aliphatic rings. The van der Waals surface area contributed by atoms with Gasteiger partial charge in [0, 0.05) is 41.2 Å². The Hall–Kier alpha value is -3.13. The normalized spacial score (nSPS) is 19.4. The van der Waals surface area contributed by atoms with Gasteiger partial charge < -0.3 is 9.52 Å². The molecule has 0 bridgehead atoms. The largest absolute Gasteiger partial charge is 0.478 e. The zero-order valence-corrected chi connectivity index (χ0v) is 18.3. The lowest BCUT2D eigenvalue weighted by Gasteiger charge is -2.42. The van der Waals surface area contributed by atoms with Crippen LogP contribution in [0.1, 0.15) is 49.3 Å². The summed E-state index contributed by atoms with van der Waals surface area (Å²) in [7, 11) is 0. The van der Waals surface area contributed by atoms with Crippen LogP contribution in [0, 0.1) is 17.5 Å². The van der Waals surface area contributed by atoms with E-state index in [-0.39, 0.29) is 35.1 Å². The maximum atomic E-state index is 15.3. The fraction of sp³-hybridized carbons (Fsp3) is 0.320. The maximum Gasteiger partial charge on any atom is 0.328 e. The lowest BCUT2D eigenvalue weighted by molar-refractivity contribution is -0.131. The average molecular weight is 461 g/mol. The highest BCUT2D eigenvalue weighted by atomic mass is 19.1. The number of carboxylic acids is 1. The standard InChI is InChI=1S/C25H23F4NO3/c1-13-8-17-16-6-5-15(26)11-20(16)33-24(17)23(30(13)12-25(2,3)29)22-18(27)9-14(10-19(22)28)4-7-21(31)32/h4-7,9-11,13,23H,8,12H2,1-3H3,(H,31,32)/b7-4+/t13-,23-/m1/s1. The smallest absolute Gasteiger partial charge is 0.328 e. The first kappa shape index (κ1) is 23.0. The number of hydrogen-bond acceptors (Lipinski definition) is 3. The molecule has 8 heteroatoms. The van der Waals surface area contributed by atoms with Crippen LogP contribution in [0.15, 0.2) is 40.8 Å². The van der Waals surface area contributed by atoms with Gasteiger partial charge in [0.2, 0.25) is 0 Å². The lowest BCUT2D eigenvalue weighted by atomic mass is 9.87. The molecule has 0 radical (unpaired) electrons. The van der Waals surface area contributed by atoms with Crippen molar-refractivity contribution < 1.29 is 31.9 Å². The van der Waals surface area contributed by atoms with Crippen LogP contribution in [0.25, 0.3) is 17.0 Å². The van der Waals surface area contributed by atoms with Crippen LogP contribution in [0.3, 0.4) is 0 Å². The molecular weight excluding hydrogens is 438 g/mol. The van der Waals surface area contributed by atoms with Gasteiger partial charge in [-0.25, -0.2) is 22.4 Å². The van der Waals surface area contributed by atoms with Crippen LogP contribution in [0.5, 0.6) is 0 Å². The fourth-order valence-corrected chi connectivity index (χ4v) is 4.50. The van der Waals surface area contributed by atoms with E-state index >= 15 is 8.78 Å².